The number of sulfonamides is 1. The van der Waals surface area contributed by atoms with Gasteiger partial charge >= 0.3 is 6.09 Å². The summed E-state index contributed by atoms with van der Waals surface area (Å²) in [5.41, 5.74) is -1.41. The first-order valence-electron chi connectivity index (χ1n) is 19.0. The number of aryl methyl sites for hydroxylation is 1. The van der Waals surface area contributed by atoms with Crippen molar-refractivity contribution in [1.29, 1.82) is 0 Å². The van der Waals surface area contributed by atoms with Crippen LogP contribution in [0.1, 0.15) is 77.7 Å². The minimum absolute atomic E-state index is 0.0111. The third-order valence-corrected chi connectivity index (χ3v) is 13.8. The lowest BCUT2D eigenvalue weighted by Crippen LogP contribution is -2.69. The van der Waals surface area contributed by atoms with E-state index in [9.17, 15) is 32.7 Å². The quantitative estimate of drug-likeness (QED) is 0.285. The number of fused-ring (bicyclic) bond motifs is 5. The first kappa shape index (κ1) is 38.6. The molecular formula is C38H49N5O11S. The molecule has 298 valence electrons. The summed E-state index contributed by atoms with van der Waals surface area (Å²) < 4.78 is 52.1. The van der Waals surface area contributed by atoms with Crippen molar-refractivity contribution in [3.63, 3.8) is 0 Å². The van der Waals surface area contributed by atoms with Gasteiger partial charge < -0.3 is 39.6 Å². The van der Waals surface area contributed by atoms with Crippen LogP contribution in [0.4, 0.5) is 4.79 Å². The van der Waals surface area contributed by atoms with Crippen LogP contribution in [0.25, 0.3) is 10.8 Å². The number of ether oxygens (including phenoxy) is 4. The normalized spacial score (nSPS) is 30.9. The highest BCUT2D eigenvalue weighted by molar-refractivity contribution is 7.91. The molecule has 0 bridgehead atoms. The minimum atomic E-state index is -4.24. The standard InChI is InChI=1S/C38H49N5O11S/c1-5-38(35(46)42-55(49,50)37(3)14-15-37)30(40-36(47)48)34(45)43-20-24(19-29(43)31(44)39-28-17-22(28)10-7-6-9-21(2)54-38)53-33-26-13-12-23(51-4)18-27(26)25-11-8-16-52-32(25)41-33/h7,10,12-13,18,21-22,24,28-30,40H,5-6,8-9,11,14-17,19-20H2,1-4H3,(H,39,44)(H,42,46)(H,47,48)/b10-7-/t21-,22-,24-,28-,29+,30-,38+/m1/s1. The Morgan fingerprint density at radius 3 is 2.67 bits per heavy atom. The predicted octanol–water partition coefficient (Wildman–Crippen LogP) is 2.96. The zero-order valence-corrected chi connectivity index (χ0v) is 32.3. The highest BCUT2D eigenvalue weighted by Crippen LogP contribution is 2.43. The number of benzene rings is 1. The summed E-state index contributed by atoms with van der Waals surface area (Å²) in [6, 6.07) is 2.25. The summed E-state index contributed by atoms with van der Waals surface area (Å²) >= 11 is 0. The monoisotopic (exact) mass is 783 g/mol. The first-order valence-corrected chi connectivity index (χ1v) is 20.5. The molecule has 0 unspecified atom stereocenters. The van der Waals surface area contributed by atoms with Crippen LogP contribution in [0, 0.1) is 5.92 Å². The lowest BCUT2D eigenvalue weighted by atomic mass is 9.88. The van der Waals surface area contributed by atoms with Gasteiger partial charge in [0.25, 0.3) is 5.91 Å². The molecule has 3 fully saturated rings. The molecule has 7 rings (SSSR count). The molecule has 4 amide bonds. The van der Waals surface area contributed by atoms with E-state index >= 15 is 0 Å². The zero-order chi connectivity index (χ0) is 39.3. The lowest BCUT2D eigenvalue weighted by Gasteiger charge is -2.41. The molecule has 55 heavy (non-hydrogen) atoms. The van der Waals surface area contributed by atoms with Crippen LogP contribution in [-0.2, 0) is 35.6 Å². The van der Waals surface area contributed by atoms with Crippen molar-refractivity contribution >= 4 is 44.6 Å². The number of rotatable bonds is 8. The molecule has 1 aromatic heterocycles. The van der Waals surface area contributed by atoms with Crippen LogP contribution >= 0.6 is 0 Å². The van der Waals surface area contributed by atoms with Crippen molar-refractivity contribution in [1.82, 2.24) is 25.2 Å². The maximum Gasteiger partial charge on any atom is 0.405 e. The van der Waals surface area contributed by atoms with E-state index in [2.05, 4.69) is 15.4 Å². The molecule has 4 N–H and O–H groups in total. The van der Waals surface area contributed by atoms with E-state index in [0.717, 1.165) is 30.2 Å². The van der Waals surface area contributed by atoms with Crippen molar-refractivity contribution in [2.24, 2.45) is 5.92 Å². The summed E-state index contributed by atoms with van der Waals surface area (Å²) in [6.45, 7) is 5.01. The predicted molar refractivity (Wildman–Crippen MR) is 198 cm³/mol. The minimum Gasteiger partial charge on any atom is -0.497 e. The highest BCUT2D eigenvalue weighted by Gasteiger charge is 2.58. The fourth-order valence-electron chi connectivity index (χ4n) is 7.86. The molecule has 2 aromatic rings. The molecule has 17 heteroatoms. The van der Waals surface area contributed by atoms with Gasteiger partial charge in [-0.3, -0.25) is 19.1 Å². The molecule has 16 nitrogen and oxygen atoms in total. The Hall–Kier alpha value is -4.64. The average molecular weight is 784 g/mol. The average Bonchev–Trinajstić information content (AvgIpc) is 4.05. The molecule has 0 radical (unpaired) electrons. The SMILES string of the molecule is CC[C@]1(C(=O)NS(=O)(=O)C2(C)CC2)O[C@H](C)CC/C=C\[C@@H]2C[C@H]2NC(=O)[C@@H]2C[C@@H](Oc3nc4c(c5cc(OC)ccc35)CCCO4)CN2C(=O)[C@H]1NC(=O)O. The van der Waals surface area contributed by atoms with Crippen LogP contribution in [0.3, 0.4) is 0 Å². The van der Waals surface area contributed by atoms with Gasteiger partial charge in [0.15, 0.2) is 5.60 Å². The summed E-state index contributed by atoms with van der Waals surface area (Å²) in [5.74, 6) is -1.20. The Labute approximate surface area is 319 Å². The first-order chi connectivity index (χ1) is 26.2. The van der Waals surface area contributed by atoms with Gasteiger partial charge in [-0.2, -0.15) is 4.98 Å². The van der Waals surface area contributed by atoms with E-state index in [4.69, 9.17) is 23.9 Å². The number of allylic oxidation sites excluding steroid dienone is 1. The van der Waals surface area contributed by atoms with Crippen LogP contribution in [0.5, 0.6) is 17.5 Å². The van der Waals surface area contributed by atoms with Crippen molar-refractivity contribution < 1.29 is 51.6 Å². The lowest BCUT2D eigenvalue weighted by molar-refractivity contribution is -0.169. The van der Waals surface area contributed by atoms with Crippen LogP contribution in [0.15, 0.2) is 30.4 Å². The second-order valence-electron chi connectivity index (χ2n) is 15.5. The summed E-state index contributed by atoms with van der Waals surface area (Å²) in [4.78, 5) is 61.8. The van der Waals surface area contributed by atoms with Crippen molar-refractivity contribution in [3.8, 4) is 17.5 Å². The highest BCUT2D eigenvalue weighted by atomic mass is 32.2. The molecular weight excluding hydrogens is 735 g/mol. The number of carbonyl (C=O) groups is 4. The van der Waals surface area contributed by atoms with Gasteiger partial charge in [-0.1, -0.05) is 19.1 Å². The fourth-order valence-corrected chi connectivity index (χ4v) is 9.16. The van der Waals surface area contributed by atoms with Gasteiger partial charge in [-0.25, -0.2) is 13.2 Å². The second-order valence-corrected chi connectivity index (χ2v) is 17.7. The van der Waals surface area contributed by atoms with Crippen molar-refractivity contribution in [3.05, 3.63) is 35.9 Å². The third-order valence-electron chi connectivity index (χ3n) is 11.6. The van der Waals surface area contributed by atoms with Crippen molar-refractivity contribution in [2.45, 2.75) is 119 Å². The number of methoxy groups -OCH3 is 1. The van der Waals surface area contributed by atoms with Crippen LogP contribution in [0.2, 0.25) is 0 Å². The molecule has 2 saturated carbocycles. The molecule has 4 heterocycles. The fraction of sp³-hybridized carbons (Fsp3) is 0.605. The molecule has 7 atom stereocenters. The van der Waals surface area contributed by atoms with E-state index in [1.807, 2.05) is 24.3 Å². The topological polar surface area (TPSA) is 212 Å². The maximum absolute atomic E-state index is 15.0. The van der Waals surface area contributed by atoms with E-state index in [-0.39, 0.29) is 37.2 Å². The maximum atomic E-state index is 15.0. The van der Waals surface area contributed by atoms with Gasteiger partial charge in [0.05, 0.1) is 31.1 Å². The van der Waals surface area contributed by atoms with Gasteiger partial charge in [0.2, 0.25) is 33.6 Å². The van der Waals surface area contributed by atoms with Crippen LogP contribution < -0.4 is 29.6 Å². The number of carboxylic acid groups (broad SMARTS) is 1. The number of hydrogen-bond donors (Lipinski definition) is 4. The van der Waals surface area contributed by atoms with E-state index in [1.165, 1.54) is 18.7 Å². The zero-order valence-electron chi connectivity index (χ0n) is 31.5. The smallest absolute Gasteiger partial charge is 0.405 e. The molecule has 3 aliphatic heterocycles. The number of nitrogens with one attached hydrogen (secondary N) is 3. The second kappa shape index (κ2) is 14.8. The van der Waals surface area contributed by atoms with Crippen molar-refractivity contribution in [2.75, 3.05) is 20.3 Å². The number of nitrogens with zero attached hydrogens (tertiary/aromatic N) is 2. The number of hydrogen-bond acceptors (Lipinski definition) is 11. The molecule has 1 saturated heterocycles. The Bertz CT molecular complexity index is 2020. The summed E-state index contributed by atoms with van der Waals surface area (Å²) in [6.07, 6.45) is 4.37. The number of carbonyl (C=O) groups excluding carboxylic acids is 3. The third kappa shape index (κ3) is 7.52. The summed E-state index contributed by atoms with van der Waals surface area (Å²) in [5, 5.41) is 16.9. The number of amides is 4. The Balaban J connectivity index is 1.28. The van der Waals surface area contributed by atoms with Gasteiger partial charge in [-0.15, -0.1) is 0 Å². The van der Waals surface area contributed by atoms with E-state index in [1.54, 1.807) is 20.1 Å². The van der Waals surface area contributed by atoms with Gasteiger partial charge in [0, 0.05) is 23.4 Å². The Kier molecular flexibility index (Phi) is 10.4. The Morgan fingerprint density at radius 1 is 1.18 bits per heavy atom. The number of pyridine rings is 1. The largest absolute Gasteiger partial charge is 0.497 e. The molecule has 2 aliphatic carbocycles. The molecule has 5 aliphatic rings. The number of aromatic nitrogens is 1. The summed E-state index contributed by atoms with van der Waals surface area (Å²) in [7, 11) is -2.66. The van der Waals surface area contributed by atoms with E-state index in [0.29, 0.717) is 49.3 Å². The van der Waals surface area contributed by atoms with Gasteiger partial charge in [0.1, 0.15) is 23.9 Å². The van der Waals surface area contributed by atoms with Gasteiger partial charge in [-0.05, 0) is 94.7 Å². The van der Waals surface area contributed by atoms with E-state index < -0.39 is 68.5 Å². The molecule has 0 spiro atoms. The van der Waals surface area contributed by atoms with Crippen LogP contribution in [-0.4, -0.2) is 108 Å². The molecule has 1 aromatic carbocycles. The Morgan fingerprint density at radius 2 is 1.96 bits per heavy atom.